The van der Waals surface area contributed by atoms with Crippen molar-refractivity contribution in [1.29, 1.82) is 0 Å². The Morgan fingerprint density at radius 1 is 1.00 bits per heavy atom. The lowest BCUT2D eigenvalue weighted by molar-refractivity contribution is -0.148. The quantitative estimate of drug-likeness (QED) is 0.300. The molecule has 0 unspecified atom stereocenters. The van der Waals surface area contributed by atoms with Crippen LogP contribution in [0.2, 0.25) is 0 Å². The topological polar surface area (TPSA) is 127 Å². The van der Waals surface area contributed by atoms with Crippen molar-refractivity contribution >= 4 is 46.7 Å². The highest BCUT2D eigenvalue weighted by Gasteiger charge is 2.50. The molecule has 2 atom stereocenters. The van der Waals surface area contributed by atoms with Crippen LogP contribution >= 0.6 is 18.9 Å². The molecular formula is C31H36F2N3O6PS. The maximum Gasteiger partial charge on any atom is 0.399 e. The standard InChI is InChI=1S/C31H36F2N3O6PS/c1-30(2,3)26(34-27(37)25-16-21-15-22(12-13-24(21)44-25)31(32,33)43(40,41)42)29(39)36-14-8-4-5-11-23(36)28(38)35-17-19-9-6-7-10-20(19)18-35/h6-7,9-10,12-13,15-16,23,26H,4-5,8,11,14,17-18H2,1-3H3,(H,34,37)(H2,40,41,42)/t23-,26+/m0/s1. The number of nitrogens with zero attached hydrogens (tertiary/aromatic N) is 2. The molecule has 0 bridgehead atoms. The van der Waals surface area contributed by atoms with Gasteiger partial charge in [-0.15, -0.1) is 11.3 Å². The maximum atomic E-state index is 14.3. The number of benzene rings is 2. The Hall–Kier alpha value is -3.18. The summed E-state index contributed by atoms with van der Waals surface area (Å²) in [6.07, 6.45) is 2.95. The van der Waals surface area contributed by atoms with E-state index < -0.39 is 42.2 Å². The molecule has 3 heterocycles. The molecule has 44 heavy (non-hydrogen) atoms. The average Bonchev–Trinajstić information content (AvgIpc) is 3.50. The molecule has 9 nitrogen and oxygen atoms in total. The first-order valence-corrected chi connectivity index (χ1v) is 17.0. The summed E-state index contributed by atoms with van der Waals surface area (Å²) in [7, 11) is -5.76. The van der Waals surface area contributed by atoms with Gasteiger partial charge in [0.1, 0.15) is 12.1 Å². The van der Waals surface area contributed by atoms with E-state index in [1.165, 1.54) is 12.1 Å². The molecule has 3 amide bonds. The Morgan fingerprint density at radius 2 is 1.66 bits per heavy atom. The minimum absolute atomic E-state index is 0.108. The fourth-order valence-electron chi connectivity index (χ4n) is 5.86. The Balaban J connectivity index is 1.38. The maximum absolute atomic E-state index is 14.3. The van der Waals surface area contributed by atoms with Crippen LogP contribution in [0.1, 0.15) is 72.8 Å². The van der Waals surface area contributed by atoms with E-state index in [2.05, 4.69) is 5.32 Å². The molecular weight excluding hydrogens is 611 g/mol. The third kappa shape index (κ3) is 6.31. The van der Waals surface area contributed by atoms with Gasteiger partial charge in [-0.3, -0.25) is 18.9 Å². The highest BCUT2D eigenvalue weighted by atomic mass is 32.1. The molecule has 1 saturated heterocycles. The van der Waals surface area contributed by atoms with Crippen molar-refractivity contribution < 1.29 is 37.5 Å². The summed E-state index contributed by atoms with van der Waals surface area (Å²) in [6, 6.07) is 10.8. The average molecular weight is 648 g/mol. The summed E-state index contributed by atoms with van der Waals surface area (Å²) in [5.41, 5.74) is -3.79. The fraction of sp³-hybridized carbons (Fsp3) is 0.452. The second-order valence-electron chi connectivity index (χ2n) is 12.6. The van der Waals surface area contributed by atoms with E-state index in [1.54, 1.807) is 9.80 Å². The molecule has 0 aliphatic carbocycles. The molecule has 3 aromatic rings. The zero-order chi connectivity index (χ0) is 32.0. The lowest BCUT2D eigenvalue weighted by Crippen LogP contribution is -2.59. The molecule has 1 aromatic heterocycles. The second kappa shape index (κ2) is 12.0. The molecule has 2 aromatic carbocycles. The van der Waals surface area contributed by atoms with Crippen LogP contribution < -0.4 is 5.32 Å². The van der Waals surface area contributed by atoms with E-state index in [4.69, 9.17) is 9.79 Å². The van der Waals surface area contributed by atoms with E-state index in [-0.39, 0.29) is 22.1 Å². The normalized spacial score (nSPS) is 18.6. The van der Waals surface area contributed by atoms with Crippen molar-refractivity contribution in [2.45, 2.75) is 77.3 Å². The third-order valence-corrected chi connectivity index (χ3v) is 10.4. The van der Waals surface area contributed by atoms with Gasteiger partial charge in [0.2, 0.25) is 11.8 Å². The number of hydrogen-bond donors (Lipinski definition) is 3. The van der Waals surface area contributed by atoms with Gasteiger partial charge in [-0.2, -0.15) is 8.78 Å². The summed E-state index contributed by atoms with van der Waals surface area (Å²) >= 11 is 1.02. The molecule has 236 valence electrons. The summed E-state index contributed by atoms with van der Waals surface area (Å²) in [5.74, 6) is -1.05. The zero-order valence-corrected chi connectivity index (χ0v) is 26.5. The van der Waals surface area contributed by atoms with Crippen molar-refractivity contribution in [1.82, 2.24) is 15.1 Å². The van der Waals surface area contributed by atoms with Crippen molar-refractivity contribution in [3.63, 3.8) is 0 Å². The number of amides is 3. The van der Waals surface area contributed by atoms with Gasteiger partial charge < -0.3 is 24.9 Å². The number of hydrogen-bond acceptors (Lipinski definition) is 5. The molecule has 2 aliphatic heterocycles. The van der Waals surface area contributed by atoms with E-state index in [9.17, 15) is 27.7 Å². The number of fused-ring (bicyclic) bond motifs is 2. The molecule has 0 radical (unpaired) electrons. The number of carbonyl (C=O) groups is 3. The lowest BCUT2D eigenvalue weighted by atomic mass is 9.85. The predicted octanol–water partition coefficient (Wildman–Crippen LogP) is 5.59. The van der Waals surface area contributed by atoms with Gasteiger partial charge in [-0.1, -0.05) is 63.9 Å². The Morgan fingerprint density at radius 3 is 2.27 bits per heavy atom. The Bertz CT molecular complexity index is 1620. The summed E-state index contributed by atoms with van der Waals surface area (Å²) in [6.45, 7) is 6.83. The Kier molecular flexibility index (Phi) is 8.76. The van der Waals surface area contributed by atoms with Crippen molar-refractivity contribution in [3.8, 4) is 0 Å². The van der Waals surface area contributed by atoms with Crippen LogP contribution in [0.5, 0.6) is 0 Å². The summed E-state index contributed by atoms with van der Waals surface area (Å²) in [5, 5.41) is 3.06. The monoisotopic (exact) mass is 647 g/mol. The molecule has 0 saturated carbocycles. The van der Waals surface area contributed by atoms with Gasteiger partial charge >= 0.3 is 13.3 Å². The first-order chi connectivity index (χ1) is 20.6. The predicted molar refractivity (Wildman–Crippen MR) is 163 cm³/mol. The second-order valence-corrected chi connectivity index (χ2v) is 15.3. The Labute approximate surface area is 258 Å². The fourth-order valence-corrected chi connectivity index (χ4v) is 7.28. The molecule has 5 rings (SSSR count). The highest BCUT2D eigenvalue weighted by molar-refractivity contribution is 7.52. The van der Waals surface area contributed by atoms with Gasteiger partial charge in [0.05, 0.1) is 4.88 Å². The van der Waals surface area contributed by atoms with E-state index >= 15 is 0 Å². The van der Waals surface area contributed by atoms with Crippen LogP contribution in [0.25, 0.3) is 10.1 Å². The molecule has 0 spiro atoms. The lowest BCUT2D eigenvalue weighted by Gasteiger charge is -2.38. The number of halogens is 2. The van der Waals surface area contributed by atoms with Gasteiger partial charge in [-0.25, -0.2) is 0 Å². The van der Waals surface area contributed by atoms with Crippen LogP contribution in [0, 0.1) is 5.41 Å². The van der Waals surface area contributed by atoms with Crippen LogP contribution in [0.3, 0.4) is 0 Å². The number of nitrogens with one attached hydrogen (secondary N) is 1. The summed E-state index contributed by atoms with van der Waals surface area (Å²) in [4.78, 5) is 63.4. The smallest absolute Gasteiger partial charge is 0.339 e. The van der Waals surface area contributed by atoms with Crippen LogP contribution in [0.15, 0.2) is 48.5 Å². The number of rotatable bonds is 6. The highest BCUT2D eigenvalue weighted by Crippen LogP contribution is 2.59. The largest absolute Gasteiger partial charge is 0.399 e. The zero-order valence-electron chi connectivity index (χ0n) is 24.8. The van der Waals surface area contributed by atoms with Crippen molar-refractivity contribution in [2.75, 3.05) is 6.54 Å². The molecule has 2 aliphatic rings. The minimum atomic E-state index is -5.76. The summed E-state index contributed by atoms with van der Waals surface area (Å²) < 4.78 is 40.4. The molecule has 13 heteroatoms. The number of carbonyl (C=O) groups excluding carboxylic acids is 3. The third-order valence-electron chi connectivity index (χ3n) is 8.32. The van der Waals surface area contributed by atoms with E-state index in [0.29, 0.717) is 30.8 Å². The van der Waals surface area contributed by atoms with Crippen molar-refractivity contribution in [2.24, 2.45) is 5.41 Å². The van der Waals surface area contributed by atoms with Crippen molar-refractivity contribution in [3.05, 3.63) is 70.1 Å². The van der Waals surface area contributed by atoms with E-state index in [0.717, 1.165) is 53.9 Å². The van der Waals surface area contributed by atoms with Crippen LogP contribution in [-0.2, 0) is 32.9 Å². The SMILES string of the molecule is CC(C)(C)[C@H](NC(=O)c1cc2cc(C(F)(F)P(=O)(O)O)ccc2s1)C(=O)N1CCCCC[C@H]1C(=O)N1Cc2ccccc2C1. The number of thiophene rings is 1. The van der Waals surface area contributed by atoms with Gasteiger partial charge in [0.25, 0.3) is 5.91 Å². The van der Waals surface area contributed by atoms with Crippen LogP contribution in [-0.4, -0.2) is 55.9 Å². The van der Waals surface area contributed by atoms with Crippen LogP contribution in [0.4, 0.5) is 8.78 Å². The van der Waals surface area contributed by atoms with Gasteiger partial charge in [-0.05, 0) is 53.0 Å². The first kappa shape index (κ1) is 32.2. The van der Waals surface area contributed by atoms with E-state index in [1.807, 2.05) is 45.0 Å². The molecule has 3 N–H and O–H groups in total. The molecule has 1 fully saturated rings. The van der Waals surface area contributed by atoms with Gasteiger partial charge in [0.15, 0.2) is 0 Å². The first-order valence-electron chi connectivity index (χ1n) is 14.5. The number of likely N-dealkylation sites (tertiary alicyclic amines) is 1. The van der Waals surface area contributed by atoms with Gasteiger partial charge in [0, 0.05) is 29.9 Å². The number of alkyl halides is 2. The minimum Gasteiger partial charge on any atom is -0.339 e.